The molecule has 0 aliphatic heterocycles. The SMILES string of the molecule is Cc1cnccc1CSC(C)(C)C. The van der Waals surface area contributed by atoms with Gasteiger partial charge in [-0.1, -0.05) is 20.8 Å². The van der Waals surface area contributed by atoms with Gasteiger partial charge in [0.1, 0.15) is 0 Å². The molecular weight excluding hydrogens is 178 g/mol. The summed E-state index contributed by atoms with van der Waals surface area (Å²) in [6.45, 7) is 8.85. The fraction of sp³-hybridized carbons (Fsp3) is 0.545. The van der Waals surface area contributed by atoms with E-state index < -0.39 is 0 Å². The van der Waals surface area contributed by atoms with E-state index in [1.807, 2.05) is 24.2 Å². The van der Waals surface area contributed by atoms with Gasteiger partial charge in [0, 0.05) is 22.9 Å². The lowest BCUT2D eigenvalue weighted by atomic mass is 10.2. The van der Waals surface area contributed by atoms with Gasteiger partial charge in [-0.3, -0.25) is 4.98 Å². The molecule has 0 aliphatic carbocycles. The van der Waals surface area contributed by atoms with Crippen LogP contribution in [0.25, 0.3) is 0 Å². The number of hydrogen-bond donors (Lipinski definition) is 0. The minimum atomic E-state index is 0.343. The Kier molecular flexibility index (Phi) is 3.37. The van der Waals surface area contributed by atoms with Gasteiger partial charge in [-0.15, -0.1) is 0 Å². The van der Waals surface area contributed by atoms with E-state index in [2.05, 4.69) is 38.7 Å². The summed E-state index contributed by atoms with van der Waals surface area (Å²) >= 11 is 1.97. The van der Waals surface area contributed by atoms with E-state index in [4.69, 9.17) is 0 Å². The third-order valence-corrected chi connectivity index (χ3v) is 3.12. The van der Waals surface area contributed by atoms with Gasteiger partial charge in [0.15, 0.2) is 0 Å². The first-order valence-corrected chi connectivity index (χ1v) is 5.51. The third kappa shape index (κ3) is 3.81. The van der Waals surface area contributed by atoms with Crippen LogP contribution in [-0.4, -0.2) is 9.73 Å². The molecule has 1 nitrogen and oxygen atoms in total. The zero-order valence-electron chi connectivity index (χ0n) is 8.79. The second kappa shape index (κ2) is 4.14. The molecule has 2 heteroatoms. The fourth-order valence-electron chi connectivity index (χ4n) is 0.958. The monoisotopic (exact) mass is 195 g/mol. The van der Waals surface area contributed by atoms with Gasteiger partial charge in [0.25, 0.3) is 0 Å². The van der Waals surface area contributed by atoms with Crippen molar-refractivity contribution in [1.29, 1.82) is 0 Å². The maximum atomic E-state index is 4.08. The molecule has 13 heavy (non-hydrogen) atoms. The van der Waals surface area contributed by atoms with E-state index in [-0.39, 0.29) is 0 Å². The summed E-state index contributed by atoms with van der Waals surface area (Å²) in [5.74, 6) is 1.08. The van der Waals surface area contributed by atoms with Crippen molar-refractivity contribution in [3.8, 4) is 0 Å². The number of nitrogens with zero attached hydrogens (tertiary/aromatic N) is 1. The molecule has 72 valence electrons. The zero-order chi connectivity index (χ0) is 9.90. The molecule has 0 saturated carbocycles. The molecule has 1 aromatic rings. The van der Waals surface area contributed by atoms with Gasteiger partial charge in [-0.25, -0.2) is 0 Å². The van der Waals surface area contributed by atoms with Gasteiger partial charge in [-0.2, -0.15) is 11.8 Å². The molecule has 0 amide bonds. The van der Waals surface area contributed by atoms with Crippen LogP contribution in [0.2, 0.25) is 0 Å². The molecule has 0 fully saturated rings. The van der Waals surface area contributed by atoms with E-state index in [9.17, 15) is 0 Å². The van der Waals surface area contributed by atoms with Crippen LogP contribution in [-0.2, 0) is 5.75 Å². The lowest BCUT2D eigenvalue weighted by molar-refractivity contribution is 0.802. The first-order chi connectivity index (χ1) is 5.99. The average Bonchev–Trinajstić information content (AvgIpc) is 2.01. The summed E-state index contributed by atoms with van der Waals surface area (Å²) < 4.78 is 0.343. The van der Waals surface area contributed by atoms with Crippen LogP contribution < -0.4 is 0 Å². The third-order valence-electron chi connectivity index (χ3n) is 1.80. The minimum Gasteiger partial charge on any atom is -0.264 e. The molecule has 1 heterocycles. The normalized spacial score (nSPS) is 11.7. The minimum absolute atomic E-state index is 0.343. The van der Waals surface area contributed by atoms with Crippen molar-refractivity contribution in [1.82, 2.24) is 4.98 Å². The Morgan fingerprint density at radius 2 is 2.08 bits per heavy atom. The summed E-state index contributed by atoms with van der Waals surface area (Å²) in [6, 6.07) is 2.11. The smallest absolute Gasteiger partial charge is 0.0300 e. The van der Waals surface area contributed by atoms with Crippen LogP contribution in [0, 0.1) is 6.92 Å². The Balaban J connectivity index is 2.60. The molecule has 0 saturated heterocycles. The predicted molar refractivity (Wildman–Crippen MR) is 60.0 cm³/mol. The van der Waals surface area contributed by atoms with Gasteiger partial charge >= 0.3 is 0 Å². The van der Waals surface area contributed by atoms with Crippen LogP contribution in [0.3, 0.4) is 0 Å². The zero-order valence-corrected chi connectivity index (χ0v) is 9.61. The molecule has 0 aromatic carbocycles. The summed E-state index contributed by atoms with van der Waals surface area (Å²) in [4.78, 5) is 4.08. The van der Waals surface area contributed by atoms with Crippen LogP contribution in [0.5, 0.6) is 0 Å². The molecule has 0 spiro atoms. The lowest BCUT2D eigenvalue weighted by Crippen LogP contribution is -2.07. The molecule has 0 aliphatic rings. The van der Waals surface area contributed by atoms with Crippen LogP contribution >= 0.6 is 11.8 Å². The van der Waals surface area contributed by atoms with Crippen molar-refractivity contribution < 1.29 is 0 Å². The van der Waals surface area contributed by atoms with Crippen molar-refractivity contribution in [3.05, 3.63) is 29.6 Å². The number of aryl methyl sites for hydroxylation is 1. The van der Waals surface area contributed by atoms with Crippen molar-refractivity contribution >= 4 is 11.8 Å². The Morgan fingerprint density at radius 1 is 1.38 bits per heavy atom. The first kappa shape index (κ1) is 10.6. The summed E-state index contributed by atoms with van der Waals surface area (Å²) in [5.41, 5.74) is 2.69. The van der Waals surface area contributed by atoms with E-state index in [0.29, 0.717) is 4.75 Å². The van der Waals surface area contributed by atoms with Crippen molar-refractivity contribution in [3.63, 3.8) is 0 Å². The number of rotatable bonds is 2. The average molecular weight is 195 g/mol. The lowest BCUT2D eigenvalue weighted by Gasteiger charge is -2.17. The molecule has 0 N–H and O–H groups in total. The number of thioether (sulfide) groups is 1. The van der Waals surface area contributed by atoms with Crippen molar-refractivity contribution in [2.75, 3.05) is 0 Å². The Hall–Kier alpha value is -0.500. The Morgan fingerprint density at radius 3 is 2.62 bits per heavy atom. The van der Waals surface area contributed by atoms with E-state index in [1.165, 1.54) is 11.1 Å². The van der Waals surface area contributed by atoms with Crippen LogP contribution in [0.4, 0.5) is 0 Å². The number of aromatic nitrogens is 1. The van der Waals surface area contributed by atoms with E-state index in [1.54, 1.807) is 0 Å². The molecule has 0 unspecified atom stereocenters. The molecule has 0 atom stereocenters. The van der Waals surface area contributed by atoms with Gasteiger partial charge in [-0.05, 0) is 24.1 Å². The second-order valence-corrected chi connectivity index (χ2v) is 6.01. The molecule has 1 aromatic heterocycles. The van der Waals surface area contributed by atoms with E-state index in [0.717, 1.165) is 5.75 Å². The first-order valence-electron chi connectivity index (χ1n) is 4.52. The predicted octanol–water partition coefficient (Wildman–Crippen LogP) is 3.42. The summed E-state index contributed by atoms with van der Waals surface area (Å²) in [7, 11) is 0. The number of pyridine rings is 1. The van der Waals surface area contributed by atoms with Crippen LogP contribution in [0.1, 0.15) is 31.9 Å². The molecule has 0 radical (unpaired) electrons. The highest BCUT2D eigenvalue weighted by atomic mass is 32.2. The van der Waals surface area contributed by atoms with Crippen molar-refractivity contribution in [2.45, 2.75) is 38.2 Å². The Labute approximate surface area is 85.0 Å². The number of hydrogen-bond acceptors (Lipinski definition) is 2. The fourth-order valence-corrected chi connectivity index (χ4v) is 1.87. The molecule has 1 rings (SSSR count). The summed E-state index contributed by atoms with van der Waals surface area (Å²) in [6.07, 6.45) is 3.80. The van der Waals surface area contributed by atoms with Crippen LogP contribution in [0.15, 0.2) is 18.5 Å². The van der Waals surface area contributed by atoms with E-state index >= 15 is 0 Å². The van der Waals surface area contributed by atoms with Gasteiger partial charge < -0.3 is 0 Å². The standard InChI is InChI=1S/C11H17NS/c1-9-7-12-6-5-10(9)8-13-11(2,3)4/h5-7H,8H2,1-4H3. The maximum Gasteiger partial charge on any atom is 0.0300 e. The summed E-state index contributed by atoms with van der Waals surface area (Å²) in [5, 5.41) is 0. The largest absolute Gasteiger partial charge is 0.264 e. The quantitative estimate of drug-likeness (QED) is 0.717. The highest BCUT2D eigenvalue weighted by molar-refractivity contribution is 7.99. The highest BCUT2D eigenvalue weighted by Gasteiger charge is 2.10. The van der Waals surface area contributed by atoms with Gasteiger partial charge in [0.2, 0.25) is 0 Å². The second-order valence-electron chi connectivity index (χ2n) is 4.20. The maximum absolute atomic E-state index is 4.08. The Bertz CT molecular complexity index is 276. The highest BCUT2D eigenvalue weighted by Crippen LogP contribution is 2.27. The topological polar surface area (TPSA) is 12.9 Å². The van der Waals surface area contributed by atoms with Crippen molar-refractivity contribution in [2.24, 2.45) is 0 Å². The molecular formula is C11H17NS. The van der Waals surface area contributed by atoms with Gasteiger partial charge in [0.05, 0.1) is 0 Å². The molecule has 0 bridgehead atoms.